The summed E-state index contributed by atoms with van der Waals surface area (Å²) in [5.74, 6) is 0.827. The number of halogens is 1. The average molecular weight is 345 g/mol. The quantitative estimate of drug-likeness (QED) is 0.503. The Morgan fingerprint density at radius 1 is 1.36 bits per heavy atom. The van der Waals surface area contributed by atoms with Gasteiger partial charge < -0.3 is 9.32 Å². The summed E-state index contributed by atoms with van der Waals surface area (Å²) in [7, 11) is 0. The summed E-state index contributed by atoms with van der Waals surface area (Å²) in [6.07, 6.45) is 2.20. The Bertz CT molecular complexity index is 798. The number of fused-ring (bicyclic) bond motifs is 3. The van der Waals surface area contributed by atoms with Crippen molar-refractivity contribution in [1.82, 2.24) is 20.6 Å². The summed E-state index contributed by atoms with van der Waals surface area (Å²) in [6, 6.07) is 4.63. The van der Waals surface area contributed by atoms with E-state index in [-0.39, 0.29) is 23.3 Å². The number of rotatable bonds is 3. The fourth-order valence-corrected chi connectivity index (χ4v) is 3.66. The van der Waals surface area contributed by atoms with Crippen molar-refractivity contribution in [1.29, 1.82) is 0 Å². The van der Waals surface area contributed by atoms with Crippen LogP contribution in [0.2, 0.25) is 0 Å². The maximum absolute atomic E-state index is 14.6. The molecule has 3 aliphatic heterocycles. The number of hydrogen-bond acceptors (Lipinski definition) is 6. The van der Waals surface area contributed by atoms with E-state index in [9.17, 15) is 9.60 Å². The van der Waals surface area contributed by atoms with E-state index in [1.54, 1.807) is 19.1 Å². The monoisotopic (exact) mass is 345 g/mol. The van der Waals surface area contributed by atoms with Crippen molar-refractivity contribution in [3.05, 3.63) is 35.5 Å². The molecule has 2 N–H and O–H groups in total. The van der Waals surface area contributed by atoms with Gasteiger partial charge >= 0.3 is 0 Å². The minimum absolute atomic E-state index is 0.0785. The zero-order chi connectivity index (χ0) is 17.4. The Morgan fingerprint density at radius 3 is 2.72 bits per heavy atom. The molecule has 132 valence electrons. The SMILES string of the molecule is Cc1nnc(-c2ccc(C(=N[C@H]3CN4CCC3CC4)NO)c(F)c2)o1. The number of aryl methyl sites for hydroxylation is 1. The van der Waals surface area contributed by atoms with Crippen LogP contribution in [-0.2, 0) is 0 Å². The van der Waals surface area contributed by atoms with Gasteiger partial charge in [-0.1, -0.05) is 0 Å². The van der Waals surface area contributed by atoms with Crippen molar-refractivity contribution in [3.8, 4) is 11.5 Å². The molecule has 4 heterocycles. The summed E-state index contributed by atoms with van der Waals surface area (Å²) in [5.41, 5.74) is 2.78. The maximum Gasteiger partial charge on any atom is 0.247 e. The molecule has 7 nitrogen and oxygen atoms in total. The fourth-order valence-electron chi connectivity index (χ4n) is 3.66. The zero-order valence-electron chi connectivity index (χ0n) is 13.9. The third-order valence-corrected chi connectivity index (χ3v) is 5.02. The van der Waals surface area contributed by atoms with Crippen LogP contribution in [0, 0.1) is 18.7 Å². The van der Waals surface area contributed by atoms with Crippen LogP contribution in [0.5, 0.6) is 0 Å². The van der Waals surface area contributed by atoms with Crippen LogP contribution >= 0.6 is 0 Å². The number of nitrogens with one attached hydrogen (secondary N) is 1. The van der Waals surface area contributed by atoms with E-state index in [0.717, 1.165) is 32.5 Å². The Hall–Kier alpha value is -2.32. The van der Waals surface area contributed by atoms with Crippen LogP contribution in [0.3, 0.4) is 0 Å². The van der Waals surface area contributed by atoms with Crippen molar-refractivity contribution in [2.75, 3.05) is 19.6 Å². The Morgan fingerprint density at radius 2 is 2.16 bits per heavy atom. The second-order valence-electron chi connectivity index (χ2n) is 6.62. The molecule has 3 aliphatic rings. The number of nitrogens with zero attached hydrogens (tertiary/aromatic N) is 4. The van der Waals surface area contributed by atoms with E-state index in [1.165, 1.54) is 6.07 Å². The lowest BCUT2D eigenvalue weighted by molar-refractivity contribution is 0.0898. The number of hydrogen-bond donors (Lipinski definition) is 2. The Labute approximate surface area is 144 Å². The van der Waals surface area contributed by atoms with Gasteiger partial charge in [-0.3, -0.25) is 15.7 Å². The molecular formula is C17H20FN5O2. The highest BCUT2D eigenvalue weighted by molar-refractivity contribution is 5.98. The lowest BCUT2D eigenvalue weighted by atomic mass is 9.84. The van der Waals surface area contributed by atoms with Gasteiger partial charge in [-0.2, -0.15) is 0 Å². The maximum atomic E-state index is 14.6. The highest BCUT2D eigenvalue weighted by Gasteiger charge is 2.34. The van der Waals surface area contributed by atoms with Gasteiger partial charge in [0.15, 0.2) is 5.84 Å². The molecule has 0 unspecified atom stereocenters. The van der Waals surface area contributed by atoms with Crippen LogP contribution in [0.25, 0.3) is 11.5 Å². The molecule has 1 aromatic heterocycles. The van der Waals surface area contributed by atoms with Crippen molar-refractivity contribution in [2.24, 2.45) is 10.9 Å². The highest BCUT2D eigenvalue weighted by Crippen LogP contribution is 2.30. The van der Waals surface area contributed by atoms with Gasteiger partial charge in [-0.25, -0.2) is 4.39 Å². The molecule has 2 aromatic rings. The standard InChI is InChI=1S/C17H20FN5O2/c1-10-20-21-17(25-10)12-2-3-13(14(18)8-12)16(22-24)19-15-9-23-6-4-11(15)5-7-23/h2-3,8,11,15,24H,4-7,9H2,1H3,(H,19,22)/t15-/m0/s1. The topological polar surface area (TPSA) is 86.8 Å². The number of benzene rings is 1. The van der Waals surface area contributed by atoms with Gasteiger partial charge in [-0.05, 0) is 50.0 Å². The second-order valence-corrected chi connectivity index (χ2v) is 6.62. The smallest absolute Gasteiger partial charge is 0.247 e. The van der Waals surface area contributed by atoms with Crippen LogP contribution in [-0.4, -0.2) is 51.8 Å². The molecule has 8 heteroatoms. The number of aliphatic imine (C=N–C) groups is 1. The third-order valence-electron chi connectivity index (χ3n) is 5.02. The third kappa shape index (κ3) is 3.14. The predicted molar refractivity (Wildman–Crippen MR) is 88.8 cm³/mol. The Kier molecular flexibility index (Phi) is 4.22. The average Bonchev–Trinajstić information content (AvgIpc) is 3.07. The first-order chi connectivity index (χ1) is 12.1. The summed E-state index contributed by atoms with van der Waals surface area (Å²) >= 11 is 0. The number of piperidine rings is 3. The van der Waals surface area contributed by atoms with E-state index in [0.29, 0.717) is 17.4 Å². The number of amidine groups is 1. The molecule has 0 spiro atoms. The minimum atomic E-state index is -0.505. The molecule has 1 atom stereocenters. The molecule has 2 bridgehead atoms. The first-order valence-electron chi connectivity index (χ1n) is 8.44. The number of aromatic nitrogens is 2. The van der Waals surface area contributed by atoms with Crippen molar-refractivity contribution in [3.63, 3.8) is 0 Å². The minimum Gasteiger partial charge on any atom is -0.421 e. The summed E-state index contributed by atoms with van der Waals surface area (Å²) in [4.78, 5) is 6.96. The van der Waals surface area contributed by atoms with Gasteiger partial charge in [0.1, 0.15) is 5.82 Å². The van der Waals surface area contributed by atoms with Crippen molar-refractivity contribution >= 4 is 5.84 Å². The van der Waals surface area contributed by atoms with Crippen LogP contribution in [0.4, 0.5) is 4.39 Å². The number of hydroxylamine groups is 1. The van der Waals surface area contributed by atoms with Crippen LogP contribution < -0.4 is 5.48 Å². The lowest BCUT2D eigenvalue weighted by Gasteiger charge is -2.43. The fraction of sp³-hybridized carbons (Fsp3) is 0.471. The summed E-state index contributed by atoms with van der Waals surface area (Å²) in [5, 5.41) is 17.1. The molecule has 25 heavy (non-hydrogen) atoms. The zero-order valence-corrected chi connectivity index (χ0v) is 13.9. The van der Waals surface area contributed by atoms with Gasteiger partial charge in [0.2, 0.25) is 11.8 Å². The molecule has 3 fully saturated rings. The molecule has 0 saturated carbocycles. The van der Waals surface area contributed by atoms with Gasteiger partial charge in [0.05, 0.1) is 11.6 Å². The van der Waals surface area contributed by atoms with Gasteiger partial charge in [-0.15, -0.1) is 10.2 Å². The predicted octanol–water partition coefficient (Wildman–Crippen LogP) is 2.00. The Balaban J connectivity index is 1.62. The van der Waals surface area contributed by atoms with Crippen LogP contribution in [0.15, 0.2) is 27.6 Å². The van der Waals surface area contributed by atoms with Crippen LogP contribution in [0.1, 0.15) is 24.3 Å². The lowest BCUT2D eigenvalue weighted by Crippen LogP contribution is -2.50. The first-order valence-corrected chi connectivity index (χ1v) is 8.44. The molecular weight excluding hydrogens is 325 g/mol. The molecule has 1 aromatic carbocycles. The summed E-state index contributed by atoms with van der Waals surface area (Å²) in [6.45, 7) is 4.74. The van der Waals surface area contributed by atoms with Crippen molar-refractivity contribution < 1.29 is 14.0 Å². The molecule has 5 rings (SSSR count). The van der Waals surface area contributed by atoms with E-state index in [2.05, 4.69) is 25.6 Å². The second kappa shape index (κ2) is 6.53. The highest BCUT2D eigenvalue weighted by atomic mass is 19.1. The summed E-state index contributed by atoms with van der Waals surface area (Å²) < 4.78 is 19.9. The van der Waals surface area contributed by atoms with Crippen molar-refractivity contribution in [2.45, 2.75) is 25.8 Å². The van der Waals surface area contributed by atoms with E-state index in [4.69, 9.17) is 4.42 Å². The normalized spacial score (nSPS) is 26.0. The van der Waals surface area contributed by atoms with E-state index in [1.807, 2.05) is 0 Å². The molecule has 0 radical (unpaired) electrons. The molecule has 0 amide bonds. The largest absolute Gasteiger partial charge is 0.421 e. The molecule has 3 saturated heterocycles. The first kappa shape index (κ1) is 16.2. The van der Waals surface area contributed by atoms with E-state index < -0.39 is 5.82 Å². The molecule has 0 aliphatic carbocycles. The van der Waals surface area contributed by atoms with Gasteiger partial charge in [0.25, 0.3) is 0 Å². The van der Waals surface area contributed by atoms with E-state index >= 15 is 0 Å². The van der Waals surface area contributed by atoms with Gasteiger partial charge in [0, 0.05) is 19.0 Å².